The Morgan fingerprint density at radius 3 is 3.12 bits per heavy atom. The van der Waals surface area contributed by atoms with Gasteiger partial charge in [-0.05, 0) is 0 Å². The third-order valence-corrected chi connectivity index (χ3v) is 2.89. The highest BCUT2D eigenvalue weighted by Crippen LogP contribution is 2.14. The van der Waals surface area contributed by atoms with Crippen LogP contribution in [-0.2, 0) is 6.54 Å². The van der Waals surface area contributed by atoms with Crippen molar-refractivity contribution in [1.29, 1.82) is 0 Å². The standard InChI is InChI=1S/C9H10N4O2S/c10-8-11-5-6-7(12-8)13(9(15)16-6)3-1-2-4-14/h1-2,5,14H,3-4H2,(H2,10,11,12)/b2-1+. The summed E-state index contributed by atoms with van der Waals surface area (Å²) in [5, 5.41) is 8.60. The number of fused-ring (bicyclic) bond motifs is 1. The fourth-order valence-corrected chi connectivity index (χ4v) is 2.10. The maximum absolute atomic E-state index is 11.6. The SMILES string of the molecule is Nc1ncc2sc(=O)n(C/C=C/CO)c2n1. The minimum atomic E-state index is -0.113. The predicted molar refractivity (Wildman–Crippen MR) is 62.3 cm³/mol. The Morgan fingerprint density at radius 1 is 1.56 bits per heavy atom. The zero-order chi connectivity index (χ0) is 11.5. The van der Waals surface area contributed by atoms with Gasteiger partial charge in [-0.25, -0.2) is 4.98 Å². The number of nitrogen functional groups attached to an aromatic ring is 1. The summed E-state index contributed by atoms with van der Waals surface area (Å²) in [5.74, 6) is 0.144. The summed E-state index contributed by atoms with van der Waals surface area (Å²) in [6.45, 7) is 0.323. The molecule has 6 nitrogen and oxygen atoms in total. The molecule has 84 valence electrons. The normalized spacial score (nSPS) is 11.6. The Bertz CT molecular complexity index is 587. The van der Waals surface area contributed by atoms with E-state index in [2.05, 4.69) is 9.97 Å². The van der Waals surface area contributed by atoms with Crippen LogP contribution >= 0.6 is 11.3 Å². The van der Waals surface area contributed by atoms with Crippen LogP contribution in [0.15, 0.2) is 23.1 Å². The number of nitrogens with zero attached hydrogens (tertiary/aromatic N) is 3. The van der Waals surface area contributed by atoms with Gasteiger partial charge in [0.2, 0.25) is 5.95 Å². The minimum absolute atomic E-state index is 0.0477. The molecule has 0 bridgehead atoms. The highest BCUT2D eigenvalue weighted by molar-refractivity contribution is 7.16. The summed E-state index contributed by atoms with van der Waals surface area (Å²) >= 11 is 1.08. The molecule has 2 aromatic heterocycles. The number of aliphatic hydroxyl groups excluding tert-OH is 1. The Morgan fingerprint density at radius 2 is 2.38 bits per heavy atom. The van der Waals surface area contributed by atoms with E-state index in [0.717, 1.165) is 11.3 Å². The van der Waals surface area contributed by atoms with Crippen molar-refractivity contribution in [3.05, 3.63) is 28.0 Å². The third kappa shape index (κ3) is 1.95. The first-order valence-electron chi connectivity index (χ1n) is 4.60. The molecule has 2 heterocycles. The van der Waals surface area contributed by atoms with Crippen LogP contribution in [0.3, 0.4) is 0 Å². The summed E-state index contributed by atoms with van der Waals surface area (Å²) in [6.07, 6.45) is 4.81. The summed E-state index contributed by atoms with van der Waals surface area (Å²) in [7, 11) is 0. The average molecular weight is 238 g/mol. The van der Waals surface area contributed by atoms with E-state index in [0.29, 0.717) is 16.9 Å². The molecule has 0 unspecified atom stereocenters. The molecule has 16 heavy (non-hydrogen) atoms. The largest absolute Gasteiger partial charge is 0.392 e. The number of thiazole rings is 1. The highest BCUT2D eigenvalue weighted by atomic mass is 32.1. The van der Waals surface area contributed by atoms with E-state index in [1.165, 1.54) is 10.8 Å². The molecule has 7 heteroatoms. The smallest absolute Gasteiger partial charge is 0.309 e. The van der Waals surface area contributed by atoms with Crippen LogP contribution in [-0.4, -0.2) is 26.2 Å². The molecule has 2 aromatic rings. The van der Waals surface area contributed by atoms with E-state index in [4.69, 9.17) is 10.8 Å². The average Bonchev–Trinajstić information content (AvgIpc) is 2.56. The molecule has 3 N–H and O–H groups in total. The van der Waals surface area contributed by atoms with Gasteiger partial charge in [-0.1, -0.05) is 23.5 Å². The van der Waals surface area contributed by atoms with Crippen LogP contribution in [0.4, 0.5) is 5.95 Å². The van der Waals surface area contributed by atoms with Crippen LogP contribution in [0.5, 0.6) is 0 Å². The number of hydrogen-bond acceptors (Lipinski definition) is 6. The van der Waals surface area contributed by atoms with Crippen molar-refractivity contribution in [3.8, 4) is 0 Å². The van der Waals surface area contributed by atoms with Crippen LogP contribution in [0.25, 0.3) is 10.3 Å². The first kappa shape index (κ1) is 10.8. The first-order chi connectivity index (χ1) is 7.72. The molecule has 0 atom stereocenters. The lowest BCUT2D eigenvalue weighted by molar-refractivity contribution is 0.342. The van der Waals surface area contributed by atoms with E-state index >= 15 is 0 Å². The summed E-state index contributed by atoms with van der Waals surface area (Å²) in [6, 6.07) is 0. The maximum Gasteiger partial charge on any atom is 0.309 e. The summed E-state index contributed by atoms with van der Waals surface area (Å²) in [4.78, 5) is 19.4. The van der Waals surface area contributed by atoms with Crippen molar-refractivity contribution in [2.24, 2.45) is 0 Å². The van der Waals surface area contributed by atoms with Crippen LogP contribution in [0.1, 0.15) is 0 Å². The van der Waals surface area contributed by atoms with Gasteiger partial charge in [-0.2, -0.15) is 4.98 Å². The molecule has 0 amide bonds. The second-order valence-electron chi connectivity index (χ2n) is 3.05. The highest BCUT2D eigenvalue weighted by Gasteiger charge is 2.08. The number of anilines is 1. The Hall–Kier alpha value is -1.73. The topological polar surface area (TPSA) is 94.0 Å². The van der Waals surface area contributed by atoms with Gasteiger partial charge in [-0.3, -0.25) is 9.36 Å². The van der Waals surface area contributed by atoms with E-state index < -0.39 is 0 Å². The maximum atomic E-state index is 11.6. The van der Waals surface area contributed by atoms with Crippen molar-refractivity contribution in [3.63, 3.8) is 0 Å². The number of aliphatic hydroxyl groups is 1. The molecular formula is C9H10N4O2S. The Balaban J connectivity index is 2.50. The van der Waals surface area contributed by atoms with Crippen LogP contribution in [0, 0.1) is 0 Å². The number of hydrogen-bond donors (Lipinski definition) is 2. The lowest BCUT2D eigenvalue weighted by Gasteiger charge is -1.98. The van der Waals surface area contributed by atoms with Gasteiger partial charge < -0.3 is 10.8 Å². The minimum Gasteiger partial charge on any atom is -0.392 e. The van der Waals surface area contributed by atoms with Crippen molar-refractivity contribution < 1.29 is 5.11 Å². The quantitative estimate of drug-likeness (QED) is 0.733. The molecule has 0 aliphatic heterocycles. The van der Waals surface area contributed by atoms with Crippen molar-refractivity contribution in [2.45, 2.75) is 6.54 Å². The molecule has 0 fully saturated rings. The zero-order valence-electron chi connectivity index (χ0n) is 8.33. The van der Waals surface area contributed by atoms with Gasteiger partial charge >= 0.3 is 4.87 Å². The molecule has 0 saturated carbocycles. The summed E-state index contributed by atoms with van der Waals surface area (Å²) < 4.78 is 2.20. The fraction of sp³-hybridized carbons (Fsp3) is 0.222. The van der Waals surface area contributed by atoms with E-state index in [1.54, 1.807) is 12.2 Å². The fourth-order valence-electron chi connectivity index (χ4n) is 1.29. The monoisotopic (exact) mass is 238 g/mol. The van der Waals surface area contributed by atoms with Gasteiger partial charge in [0.05, 0.1) is 17.5 Å². The first-order valence-corrected chi connectivity index (χ1v) is 5.41. The third-order valence-electron chi connectivity index (χ3n) is 1.99. The second kappa shape index (κ2) is 4.42. The molecule has 2 rings (SSSR count). The number of allylic oxidation sites excluding steroid dienone is 1. The predicted octanol–water partition coefficient (Wildman–Crippen LogP) is -0.0163. The molecule has 0 aliphatic carbocycles. The number of nitrogens with two attached hydrogens (primary N) is 1. The number of rotatable bonds is 3. The summed E-state index contributed by atoms with van der Waals surface area (Å²) in [5.41, 5.74) is 6.00. The van der Waals surface area contributed by atoms with Gasteiger partial charge in [0, 0.05) is 6.54 Å². The zero-order valence-corrected chi connectivity index (χ0v) is 9.15. The van der Waals surface area contributed by atoms with Crippen LogP contribution in [0.2, 0.25) is 0 Å². The van der Waals surface area contributed by atoms with E-state index in [9.17, 15) is 4.79 Å². The molecule has 0 radical (unpaired) electrons. The Kier molecular flexibility index (Phi) is 2.97. The molecule has 0 spiro atoms. The Labute approximate surface area is 94.7 Å². The lowest BCUT2D eigenvalue weighted by atomic mass is 10.5. The molecule has 0 aliphatic rings. The molecule has 0 saturated heterocycles. The van der Waals surface area contributed by atoms with E-state index in [-0.39, 0.29) is 17.4 Å². The van der Waals surface area contributed by atoms with Crippen molar-refractivity contribution in [2.75, 3.05) is 12.3 Å². The van der Waals surface area contributed by atoms with Crippen molar-refractivity contribution in [1.82, 2.24) is 14.5 Å². The number of aromatic nitrogens is 3. The van der Waals surface area contributed by atoms with Gasteiger partial charge in [-0.15, -0.1) is 0 Å². The lowest BCUT2D eigenvalue weighted by Crippen LogP contribution is -2.12. The van der Waals surface area contributed by atoms with Crippen molar-refractivity contribution >= 4 is 27.6 Å². The van der Waals surface area contributed by atoms with Gasteiger partial charge in [0.25, 0.3) is 0 Å². The van der Waals surface area contributed by atoms with Gasteiger partial charge in [0.1, 0.15) is 0 Å². The second-order valence-corrected chi connectivity index (χ2v) is 4.04. The molecular weight excluding hydrogens is 228 g/mol. The van der Waals surface area contributed by atoms with Crippen LogP contribution < -0.4 is 10.6 Å². The van der Waals surface area contributed by atoms with Gasteiger partial charge in [0.15, 0.2) is 5.65 Å². The molecule has 0 aromatic carbocycles. The van der Waals surface area contributed by atoms with E-state index in [1.807, 2.05) is 0 Å².